The summed E-state index contributed by atoms with van der Waals surface area (Å²) in [7, 11) is 0. The third kappa shape index (κ3) is 9.46. The van der Waals surface area contributed by atoms with Crippen LogP contribution in [-0.4, -0.2) is 33.2 Å². The average Bonchev–Trinajstić information content (AvgIpc) is 1.50. The van der Waals surface area contributed by atoms with Gasteiger partial charge >= 0.3 is 0 Å². The van der Waals surface area contributed by atoms with Gasteiger partial charge in [0.25, 0.3) is 0 Å². The lowest BCUT2D eigenvalue weighted by atomic mass is 9.91. The molecule has 0 spiro atoms. The van der Waals surface area contributed by atoms with Crippen molar-refractivity contribution in [1.82, 2.24) is 33.2 Å². The van der Waals surface area contributed by atoms with Crippen LogP contribution >= 0.6 is 0 Å². The molecule has 0 aliphatic rings. The summed E-state index contributed by atoms with van der Waals surface area (Å²) >= 11 is 0. The molecule has 0 amide bonds. The van der Waals surface area contributed by atoms with Crippen LogP contribution in [0.15, 0.2) is 351 Å². The standard InChI is InChI=1S/C49H32N2.C45H29N5/c1-31-21-24-38-39-25-22-33(29-44(39)37-14-3-2-13-36(37)43(38)27-31)32-11-10-12-34(28-32)50-48-20-9-6-17-42(48)45-30-35(23-26-49(45)50)51-46-18-7-4-15-40(46)41-16-5-8-19-47(41)51;1-3-13-30(14-4-1)43-46-44(31-15-5-2-6-16-31)48-45(47-43)32-23-25-33(26-24-32)49-41-22-12-9-19-37(41)38-29-34(27-28-42(38)49)50-39-20-10-7-17-35(39)36-18-8-11-21-40(36)50/h2-30H,1H3;1-29H/i2D,3D,4D,5D,6D,7D,8D,9D,10D,11D,12D,13D,14D,15D,16D,17D,18D,19D,20D,21D,22D,23D,24D,25D,26D,27D,28D,29D,30D;7D,8D,9D,10D,11D,12D,17D,18D,19D,20D,21D,22D,27D,28D,29D. The molecular formula is C94H61N7. The molecule has 5 aromatic heterocycles. The average molecular weight is 1330 g/mol. The molecule has 0 N–H and O–H groups in total. The fourth-order valence-corrected chi connectivity index (χ4v) is 12.7. The molecule has 101 heavy (non-hydrogen) atoms. The third-order valence-corrected chi connectivity index (χ3v) is 17.2. The second-order valence-electron chi connectivity index (χ2n) is 22.9. The van der Waals surface area contributed by atoms with E-state index in [1.54, 1.807) is 24.3 Å². The van der Waals surface area contributed by atoms with Crippen LogP contribution in [0.3, 0.4) is 0 Å². The zero-order valence-electron chi connectivity index (χ0n) is 95.7. The van der Waals surface area contributed by atoms with Gasteiger partial charge in [-0.1, -0.05) is 241 Å². The van der Waals surface area contributed by atoms with Crippen molar-refractivity contribution in [3.05, 3.63) is 356 Å². The monoisotopic (exact) mass is 1330 g/mol. The van der Waals surface area contributed by atoms with E-state index in [0.29, 0.717) is 27.6 Å². The van der Waals surface area contributed by atoms with Gasteiger partial charge in [0.1, 0.15) is 0 Å². The smallest absolute Gasteiger partial charge is 0.164 e. The largest absolute Gasteiger partial charge is 0.309 e. The van der Waals surface area contributed by atoms with E-state index < -0.39 is 365 Å². The molecule has 0 bridgehead atoms. The van der Waals surface area contributed by atoms with Gasteiger partial charge in [0.15, 0.2) is 17.5 Å². The van der Waals surface area contributed by atoms with Crippen LogP contribution in [0, 0.1) is 6.92 Å². The quantitative estimate of drug-likeness (QED) is 0.142. The lowest BCUT2D eigenvalue weighted by Crippen LogP contribution is -2.00. The Morgan fingerprint density at radius 3 is 0.970 bits per heavy atom. The highest BCUT2D eigenvalue weighted by atomic mass is 15.0. The molecule has 7 nitrogen and oxygen atoms in total. The molecule has 16 aromatic carbocycles. The molecule has 0 aliphatic carbocycles. The number of hydrogen-bond acceptors (Lipinski definition) is 3. The van der Waals surface area contributed by atoms with Crippen molar-refractivity contribution in [2.75, 3.05) is 0 Å². The highest BCUT2D eigenvalue weighted by molar-refractivity contribution is 6.26. The Kier molecular flexibility index (Phi) is 6.69. The molecule has 0 saturated carbocycles. The highest BCUT2D eigenvalue weighted by Crippen LogP contribution is 2.43. The zero-order valence-corrected chi connectivity index (χ0v) is 51.7. The van der Waals surface area contributed by atoms with Crippen molar-refractivity contribution in [2.24, 2.45) is 0 Å². The summed E-state index contributed by atoms with van der Waals surface area (Å²) in [5.74, 6) is 1.17. The molecule has 0 aliphatic heterocycles. The summed E-state index contributed by atoms with van der Waals surface area (Å²) < 4.78 is 402. The molecule has 5 heterocycles. The molecule has 0 unspecified atom stereocenters. The van der Waals surface area contributed by atoms with Crippen molar-refractivity contribution >= 4 is 120 Å². The Bertz CT molecular complexity index is 9420. The minimum absolute atomic E-state index is 0.0740. The van der Waals surface area contributed by atoms with Crippen LogP contribution in [0.5, 0.6) is 0 Å². The number of fused-ring (bicyclic) bond motifs is 18. The first kappa shape index (κ1) is 28.9. The lowest BCUT2D eigenvalue weighted by Gasteiger charge is -2.14. The number of rotatable bonds is 8. The fraction of sp³-hybridized carbons (Fsp3) is 0.0106. The number of nitrogens with zero attached hydrogens (tertiary/aromatic N) is 7. The molecule has 0 radical (unpaired) electrons. The summed E-state index contributed by atoms with van der Waals surface area (Å²) in [5, 5.41) is -5.84. The Morgan fingerprint density at radius 2 is 0.535 bits per heavy atom. The van der Waals surface area contributed by atoms with E-state index >= 15 is 0 Å². The van der Waals surface area contributed by atoms with Gasteiger partial charge in [-0.2, -0.15) is 0 Å². The summed E-state index contributed by atoms with van der Waals surface area (Å²) in [6.07, 6.45) is 0. The SMILES string of the molecule is [2H]c1c([2H])c(-c2c([2H])c([2H])c3c4c([2H])c([2H])c(C)c([2H])c4c4c([2H])c([2H])c([2H])c([2H])c4c3c2[2H])c([2H])c(-n2c3c([2H])c([2H])c([2H])c([2H])c3c3c([2H])c(-n4c5c([2H])c([2H])c([2H])c([2H])c5c5c([2H])c([2H])c([2H])c([2H])c54)c([2H])c([2H])c32)c1[2H].[2H]c1c([2H])c([2H])c2c(c1[2H])c1c([2H])c(-n3c4c([2H])c([2H])c([2H])c([2H])c4c4c([2H])c([2H])c([2H])c([2H])c43)c([2H])c([2H])c1n2-c1ccc(-c2nc(-c3ccccc3)nc(-c3ccccc3)n2)cc1. The molecule has 21 rings (SSSR count). The number of para-hydroxylation sites is 6. The molecule has 7 heteroatoms. The maximum atomic E-state index is 9.95. The van der Waals surface area contributed by atoms with Gasteiger partial charge in [0, 0.05) is 82.5 Å². The highest BCUT2D eigenvalue weighted by Gasteiger charge is 2.21. The summed E-state index contributed by atoms with van der Waals surface area (Å²) in [6.45, 7) is 1.34. The maximum absolute atomic E-state index is 9.95. The Labute approximate surface area is 643 Å². The van der Waals surface area contributed by atoms with Crippen LogP contribution in [0.1, 0.15) is 65.9 Å². The lowest BCUT2D eigenvalue weighted by molar-refractivity contribution is 1.07. The normalized spacial score (nSPS) is 17.9. The summed E-state index contributed by atoms with van der Waals surface area (Å²) in [5.41, 5.74) is -5.28. The van der Waals surface area contributed by atoms with Crippen molar-refractivity contribution in [1.29, 1.82) is 0 Å². The molecule has 472 valence electrons. The molecule has 0 fully saturated rings. The zero-order chi connectivity index (χ0) is 105. The first-order valence-electron chi connectivity index (χ1n) is 52.9. The van der Waals surface area contributed by atoms with Gasteiger partial charge in [-0.15, -0.1) is 0 Å². The summed E-state index contributed by atoms with van der Waals surface area (Å²) in [4.78, 5) is 14.3. The molecule has 21 aromatic rings. The molecule has 0 atom stereocenters. The Balaban J connectivity index is 0.000000180. The van der Waals surface area contributed by atoms with Gasteiger partial charge in [0.05, 0.1) is 104 Å². The number of aromatic nitrogens is 7. The van der Waals surface area contributed by atoms with Crippen LogP contribution in [0.2, 0.25) is 0 Å². The second-order valence-corrected chi connectivity index (χ2v) is 22.9. The van der Waals surface area contributed by atoms with E-state index in [4.69, 9.17) is 54.7 Å². The minimum atomic E-state index is -1.09. The van der Waals surface area contributed by atoms with Gasteiger partial charge in [-0.05, 0) is 165 Å². The van der Waals surface area contributed by atoms with Crippen LogP contribution < -0.4 is 0 Å². The third-order valence-electron chi connectivity index (χ3n) is 17.2. The van der Waals surface area contributed by atoms with Crippen molar-refractivity contribution < 1.29 is 60.3 Å². The van der Waals surface area contributed by atoms with Gasteiger partial charge in [-0.25, -0.2) is 15.0 Å². The van der Waals surface area contributed by atoms with E-state index in [1.165, 1.54) is 11.5 Å². The van der Waals surface area contributed by atoms with Crippen LogP contribution in [0.25, 0.3) is 188 Å². The molecule has 0 saturated heterocycles. The van der Waals surface area contributed by atoms with Crippen molar-refractivity contribution in [3.63, 3.8) is 0 Å². The predicted molar refractivity (Wildman–Crippen MR) is 423 cm³/mol. The number of hydrogen-bond donors (Lipinski definition) is 0. The van der Waals surface area contributed by atoms with E-state index in [2.05, 4.69) is 0 Å². The summed E-state index contributed by atoms with van der Waals surface area (Å²) in [6, 6.07) is -9.50. The molecular weight excluding hydrogens is 1230 g/mol. The van der Waals surface area contributed by atoms with Gasteiger partial charge < -0.3 is 18.3 Å². The van der Waals surface area contributed by atoms with E-state index in [9.17, 15) is 20.6 Å². The topological polar surface area (TPSA) is 58.4 Å². The van der Waals surface area contributed by atoms with E-state index in [1.807, 2.05) is 60.7 Å². The minimum Gasteiger partial charge on any atom is -0.309 e. The van der Waals surface area contributed by atoms with Crippen molar-refractivity contribution in [2.45, 2.75) is 6.92 Å². The van der Waals surface area contributed by atoms with Gasteiger partial charge in [0.2, 0.25) is 0 Å². The number of benzene rings is 16. The van der Waals surface area contributed by atoms with Crippen molar-refractivity contribution in [3.8, 4) is 68.0 Å². The van der Waals surface area contributed by atoms with Crippen LogP contribution in [-0.2, 0) is 0 Å². The fourth-order valence-electron chi connectivity index (χ4n) is 12.7. The predicted octanol–water partition coefficient (Wildman–Crippen LogP) is 24.4. The van der Waals surface area contributed by atoms with Crippen LogP contribution in [0.4, 0.5) is 0 Å². The van der Waals surface area contributed by atoms with E-state index in [-0.39, 0.29) is 60.2 Å². The van der Waals surface area contributed by atoms with Gasteiger partial charge in [-0.3, -0.25) is 0 Å². The second kappa shape index (κ2) is 23.4. The first-order valence-corrected chi connectivity index (χ1v) is 30.9. The van der Waals surface area contributed by atoms with E-state index in [0.717, 1.165) is 20.3 Å². The first-order chi connectivity index (χ1) is 68.4. The Hall–Kier alpha value is -13.5. The maximum Gasteiger partial charge on any atom is 0.164 e. The Morgan fingerprint density at radius 1 is 0.208 bits per heavy atom.